The Bertz CT molecular complexity index is 500. The van der Waals surface area contributed by atoms with Crippen molar-refractivity contribution < 1.29 is 13.9 Å². The molecule has 5 heteroatoms. The monoisotopic (exact) mass is 306 g/mol. The maximum Gasteiger partial charge on any atom is 0.254 e. The molecule has 3 rings (SSSR count). The van der Waals surface area contributed by atoms with Crippen LogP contribution in [0.25, 0.3) is 0 Å². The van der Waals surface area contributed by atoms with E-state index in [0.717, 1.165) is 39.1 Å². The molecular formula is C17H26N2O3. The van der Waals surface area contributed by atoms with Crippen molar-refractivity contribution in [3.05, 3.63) is 23.7 Å². The average molecular weight is 306 g/mol. The van der Waals surface area contributed by atoms with E-state index in [0.29, 0.717) is 11.3 Å². The van der Waals surface area contributed by atoms with Gasteiger partial charge in [0, 0.05) is 31.7 Å². The minimum absolute atomic E-state index is 0.0291. The first-order valence-electron chi connectivity index (χ1n) is 8.31. The summed E-state index contributed by atoms with van der Waals surface area (Å²) in [6.07, 6.45) is 6.21. The van der Waals surface area contributed by atoms with Crippen LogP contribution < -0.4 is 5.32 Å². The van der Waals surface area contributed by atoms with Gasteiger partial charge in [-0.15, -0.1) is 0 Å². The van der Waals surface area contributed by atoms with Gasteiger partial charge in [-0.3, -0.25) is 4.79 Å². The van der Waals surface area contributed by atoms with Crippen molar-refractivity contribution in [3.8, 4) is 0 Å². The Hall–Kier alpha value is -1.33. The first-order valence-corrected chi connectivity index (χ1v) is 8.31. The Morgan fingerprint density at radius 1 is 1.32 bits per heavy atom. The second kappa shape index (κ2) is 6.84. The van der Waals surface area contributed by atoms with Crippen molar-refractivity contribution in [1.29, 1.82) is 0 Å². The normalized spacial score (nSPS) is 21.9. The average Bonchev–Trinajstić information content (AvgIpc) is 3.17. The third-order valence-corrected chi connectivity index (χ3v) is 5.04. The molecule has 0 bridgehead atoms. The van der Waals surface area contributed by atoms with E-state index in [-0.39, 0.29) is 11.3 Å². The van der Waals surface area contributed by atoms with Crippen molar-refractivity contribution in [3.63, 3.8) is 0 Å². The van der Waals surface area contributed by atoms with Crippen LogP contribution >= 0.6 is 0 Å². The number of furan rings is 1. The molecule has 2 saturated heterocycles. The number of carbonyl (C=O) groups is 1. The van der Waals surface area contributed by atoms with Crippen LogP contribution in [0, 0.1) is 12.3 Å². The summed E-state index contributed by atoms with van der Waals surface area (Å²) in [6, 6.07) is 1.74. The Kier molecular flexibility index (Phi) is 4.84. The number of aryl methyl sites for hydroxylation is 1. The Morgan fingerprint density at radius 3 is 2.68 bits per heavy atom. The van der Waals surface area contributed by atoms with Crippen LogP contribution in [0.2, 0.25) is 0 Å². The van der Waals surface area contributed by atoms with E-state index in [9.17, 15) is 4.79 Å². The van der Waals surface area contributed by atoms with E-state index in [2.05, 4.69) is 10.2 Å². The van der Waals surface area contributed by atoms with E-state index in [4.69, 9.17) is 9.15 Å². The summed E-state index contributed by atoms with van der Waals surface area (Å²) < 4.78 is 10.8. The molecule has 1 amide bonds. The zero-order valence-electron chi connectivity index (χ0n) is 13.4. The molecule has 0 aliphatic carbocycles. The molecule has 0 saturated carbocycles. The molecule has 0 atom stereocenters. The van der Waals surface area contributed by atoms with Gasteiger partial charge in [-0.2, -0.15) is 0 Å². The quantitative estimate of drug-likeness (QED) is 0.906. The molecule has 2 aliphatic rings. The lowest BCUT2D eigenvalue weighted by molar-refractivity contribution is -0.000638. The molecule has 2 fully saturated rings. The predicted octanol–water partition coefficient (Wildman–Crippen LogP) is 2.21. The highest BCUT2D eigenvalue weighted by Gasteiger charge is 2.35. The van der Waals surface area contributed by atoms with Gasteiger partial charge in [-0.1, -0.05) is 0 Å². The fourth-order valence-corrected chi connectivity index (χ4v) is 3.59. The summed E-state index contributed by atoms with van der Waals surface area (Å²) in [5, 5.41) is 3.13. The number of likely N-dealkylation sites (tertiary alicyclic amines) is 1. The lowest BCUT2D eigenvalue weighted by Gasteiger charge is -2.40. The van der Waals surface area contributed by atoms with Gasteiger partial charge in [0.2, 0.25) is 0 Å². The Morgan fingerprint density at radius 2 is 2.05 bits per heavy atom. The maximum absolute atomic E-state index is 12.3. The van der Waals surface area contributed by atoms with Gasteiger partial charge in [-0.25, -0.2) is 0 Å². The van der Waals surface area contributed by atoms with Crippen LogP contribution in [0.3, 0.4) is 0 Å². The van der Waals surface area contributed by atoms with Gasteiger partial charge >= 0.3 is 0 Å². The topological polar surface area (TPSA) is 54.7 Å². The minimum atomic E-state index is -0.0291. The molecule has 0 radical (unpaired) electrons. The molecule has 122 valence electrons. The molecule has 0 aromatic carbocycles. The van der Waals surface area contributed by atoms with Crippen LogP contribution in [0.5, 0.6) is 0 Å². The molecule has 1 N–H and O–H groups in total. The highest BCUT2D eigenvalue weighted by molar-refractivity contribution is 5.95. The number of carbonyl (C=O) groups excluding carboxylic acids is 1. The molecule has 0 spiro atoms. The van der Waals surface area contributed by atoms with Gasteiger partial charge in [0.15, 0.2) is 0 Å². The van der Waals surface area contributed by atoms with Gasteiger partial charge in [0.25, 0.3) is 5.91 Å². The van der Waals surface area contributed by atoms with E-state index in [1.807, 2.05) is 6.92 Å². The third kappa shape index (κ3) is 3.52. The lowest BCUT2D eigenvalue weighted by atomic mass is 9.79. The van der Waals surface area contributed by atoms with Crippen LogP contribution in [-0.2, 0) is 4.74 Å². The second-order valence-electron chi connectivity index (χ2n) is 6.67. The van der Waals surface area contributed by atoms with Gasteiger partial charge in [0.05, 0.1) is 11.8 Å². The molecule has 3 heterocycles. The number of hydrogen-bond acceptors (Lipinski definition) is 4. The summed E-state index contributed by atoms with van der Waals surface area (Å²) in [4.78, 5) is 14.9. The first kappa shape index (κ1) is 15.6. The van der Waals surface area contributed by atoms with E-state index >= 15 is 0 Å². The molecule has 1 aromatic heterocycles. The maximum atomic E-state index is 12.3. The number of nitrogens with one attached hydrogen (secondary N) is 1. The number of rotatable bonds is 5. The van der Waals surface area contributed by atoms with Crippen molar-refractivity contribution in [2.45, 2.75) is 32.6 Å². The van der Waals surface area contributed by atoms with Crippen molar-refractivity contribution in [2.24, 2.45) is 5.41 Å². The number of nitrogens with zero attached hydrogens (tertiary/aromatic N) is 1. The number of ether oxygens (including phenoxy) is 1. The summed E-state index contributed by atoms with van der Waals surface area (Å²) in [5.41, 5.74) is 0.791. The van der Waals surface area contributed by atoms with Crippen LogP contribution in [0.4, 0.5) is 0 Å². The minimum Gasteiger partial charge on any atom is -0.469 e. The largest absolute Gasteiger partial charge is 0.469 e. The SMILES string of the molecule is Cc1occc1C(=O)NCC1(CN2CCCC2)CCOCC1. The van der Waals surface area contributed by atoms with Crippen LogP contribution in [0.1, 0.15) is 41.8 Å². The van der Waals surface area contributed by atoms with Crippen molar-refractivity contribution >= 4 is 5.91 Å². The highest BCUT2D eigenvalue weighted by atomic mass is 16.5. The molecule has 1 aromatic rings. The number of hydrogen-bond donors (Lipinski definition) is 1. The molecule has 2 aliphatic heterocycles. The zero-order chi connectivity index (χ0) is 15.4. The van der Waals surface area contributed by atoms with Crippen LogP contribution in [0.15, 0.2) is 16.7 Å². The summed E-state index contributed by atoms with van der Waals surface area (Å²) in [7, 11) is 0. The molecule has 22 heavy (non-hydrogen) atoms. The Balaban J connectivity index is 1.62. The van der Waals surface area contributed by atoms with Gasteiger partial charge in [-0.05, 0) is 51.8 Å². The van der Waals surface area contributed by atoms with Crippen molar-refractivity contribution in [1.82, 2.24) is 10.2 Å². The predicted molar refractivity (Wildman–Crippen MR) is 83.9 cm³/mol. The first-order chi connectivity index (χ1) is 10.7. The third-order valence-electron chi connectivity index (χ3n) is 5.04. The standard InChI is InChI=1S/C17H26N2O3/c1-14-15(4-9-22-14)16(20)18-12-17(5-10-21-11-6-17)13-19-7-2-3-8-19/h4,9H,2-3,5-8,10-13H2,1H3,(H,18,20). The fourth-order valence-electron chi connectivity index (χ4n) is 3.59. The van der Waals surface area contributed by atoms with Crippen molar-refractivity contribution in [2.75, 3.05) is 39.4 Å². The number of amides is 1. The summed E-state index contributed by atoms with van der Waals surface area (Å²) in [5.74, 6) is 0.650. The zero-order valence-corrected chi connectivity index (χ0v) is 13.4. The molecular weight excluding hydrogens is 280 g/mol. The lowest BCUT2D eigenvalue weighted by Crippen LogP contribution is -2.48. The fraction of sp³-hybridized carbons (Fsp3) is 0.706. The summed E-state index contributed by atoms with van der Waals surface area (Å²) in [6.45, 7) is 7.60. The van der Waals surface area contributed by atoms with Gasteiger partial charge in [0.1, 0.15) is 5.76 Å². The highest BCUT2D eigenvalue weighted by Crippen LogP contribution is 2.32. The molecule has 0 unspecified atom stereocenters. The van der Waals surface area contributed by atoms with Gasteiger partial charge < -0.3 is 19.4 Å². The smallest absolute Gasteiger partial charge is 0.254 e. The second-order valence-corrected chi connectivity index (χ2v) is 6.67. The van der Waals surface area contributed by atoms with Crippen LogP contribution in [-0.4, -0.2) is 50.2 Å². The summed E-state index contributed by atoms with van der Waals surface area (Å²) >= 11 is 0. The van der Waals surface area contributed by atoms with E-state index in [1.54, 1.807) is 12.3 Å². The van der Waals surface area contributed by atoms with E-state index in [1.165, 1.54) is 25.9 Å². The molecule has 5 nitrogen and oxygen atoms in total. The van der Waals surface area contributed by atoms with E-state index < -0.39 is 0 Å². The Labute approximate surface area is 132 Å².